The van der Waals surface area contributed by atoms with Gasteiger partial charge in [-0.25, -0.2) is 0 Å². The van der Waals surface area contributed by atoms with Gasteiger partial charge in [-0.15, -0.1) is 0 Å². The molecule has 1 aromatic rings. The zero-order valence-electron chi connectivity index (χ0n) is 10.3. The van der Waals surface area contributed by atoms with Crippen LogP contribution in [-0.2, 0) is 11.2 Å². The van der Waals surface area contributed by atoms with Crippen LogP contribution in [0.1, 0.15) is 19.4 Å². The van der Waals surface area contributed by atoms with Crippen LogP contribution in [0.25, 0.3) is 0 Å². The summed E-state index contributed by atoms with van der Waals surface area (Å²) in [5.74, 6) is -0.180. The molecule has 1 rings (SSSR count). The average Bonchev–Trinajstić information content (AvgIpc) is 2.27. The minimum Gasteiger partial charge on any atom is -0.492 e. The van der Waals surface area contributed by atoms with E-state index in [1.165, 1.54) is 0 Å². The molecule has 1 aromatic carbocycles. The number of ether oxygens (including phenoxy) is 1. The predicted octanol–water partition coefficient (Wildman–Crippen LogP) is 1.68. The maximum atomic E-state index is 10.9. The van der Waals surface area contributed by atoms with Gasteiger partial charge in [-0.05, 0) is 44.5 Å². The Morgan fingerprint density at radius 1 is 1.47 bits per heavy atom. The van der Waals surface area contributed by atoms with Gasteiger partial charge in [0.2, 0.25) is 0 Å². The Bertz CT molecular complexity index is 388. The van der Waals surface area contributed by atoms with E-state index in [2.05, 4.69) is 0 Å². The van der Waals surface area contributed by atoms with Crippen molar-refractivity contribution in [1.82, 2.24) is 0 Å². The Morgan fingerprint density at radius 2 is 2.18 bits per heavy atom. The number of rotatable bonds is 6. The summed E-state index contributed by atoms with van der Waals surface area (Å²) in [5.41, 5.74) is 5.69. The third kappa shape index (κ3) is 4.07. The summed E-state index contributed by atoms with van der Waals surface area (Å²) < 4.78 is 5.50. The quantitative estimate of drug-likeness (QED) is 0.789. The Morgan fingerprint density at radius 3 is 2.76 bits per heavy atom. The van der Waals surface area contributed by atoms with Crippen LogP contribution in [0.2, 0.25) is 0 Å². The van der Waals surface area contributed by atoms with Gasteiger partial charge >= 0.3 is 5.97 Å². The summed E-state index contributed by atoms with van der Waals surface area (Å²) in [4.78, 5) is 10.9. The molecule has 0 saturated carbocycles. The minimum atomic E-state index is -0.885. The molecule has 0 radical (unpaired) electrons. The lowest BCUT2D eigenvalue weighted by atomic mass is 9.95. The molecule has 17 heavy (non-hydrogen) atoms. The molecule has 4 heteroatoms. The molecule has 0 unspecified atom stereocenters. The van der Waals surface area contributed by atoms with Gasteiger partial charge < -0.3 is 15.6 Å². The van der Waals surface area contributed by atoms with Crippen LogP contribution >= 0.6 is 0 Å². The highest BCUT2D eigenvalue weighted by atomic mass is 16.5. The lowest BCUT2D eigenvalue weighted by Crippen LogP contribution is -2.30. The number of hydrogen-bond acceptors (Lipinski definition) is 3. The fourth-order valence-electron chi connectivity index (χ4n) is 1.28. The van der Waals surface area contributed by atoms with Crippen molar-refractivity contribution in [2.24, 2.45) is 11.1 Å². The smallest absolute Gasteiger partial charge is 0.312 e. The molecule has 0 fully saturated rings. The van der Waals surface area contributed by atoms with Crippen molar-refractivity contribution in [2.75, 3.05) is 13.2 Å². The zero-order valence-corrected chi connectivity index (χ0v) is 10.3. The van der Waals surface area contributed by atoms with Crippen LogP contribution in [-0.4, -0.2) is 24.2 Å². The van der Waals surface area contributed by atoms with Gasteiger partial charge in [0.15, 0.2) is 0 Å². The molecule has 4 nitrogen and oxygen atoms in total. The highest BCUT2D eigenvalue weighted by Crippen LogP contribution is 2.19. The fraction of sp³-hybridized carbons (Fsp3) is 0.462. The van der Waals surface area contributed by atoms with E-state index in [0.717, 1.165) is 12.0 Å². The van der Waals surface area contributed by atoms with Crippen LogP contribution < -0.4 is 10.5 Å². The molecule has 94 valence electrons. The largest absolute Gasteiger partial charge is 0.492 e. The zero-order chi connectivity index (χ0) is 12.9. The highest BCUT2D eigenvalue weighted by Gasteiger charge is 2.28. The van der Waals surface area contributed by atoms with Crippen molar-refractivity contribution in [3.63, 3.8) is 0 Å². The second kappa shape index (κ2) is 5.68. The van der Waals surface area contributed by atoms with Crippen molar-refractivity contribution in [3.8, 4) is 5.75 Å². The van der Waals surface area contributed by atoms with Crippen LogP contribution in [0.3, 0.4) is 0 Å². The summed E-state index contributed by atoms with van der Waals surface area (Å²) in [7, 11) is 0. The van der Waals surface area contributed by atoms with E-state index >= 15 is 0 Å². The van der Waals surface area contributed by atoms with Crippen LogP contribution in [0.4, 0.5) is 0 Å². The van der Waals surface area contributed by atoms with Crippen molar-refractivity contribution in [3.05, 3.63) is 29.8 Å². The van der Waals surface area contributed by atoms with Gasteiger partial charge in [0.25, 0.3) is 0 Å². The lowest BCUT2D eigenvalue weighted by Gasteiger charge is -2.19. The van der Waals surface area contributed by atoms with Gasteiger partial charge in [-0.2, -0.15) is 0 Å². The Balaban J connectivity index is 2.63. The third-order valence-corrected chi connectivity index (χ3v) is 2.51. The molecule has 0 aromatic heterocycles. The Hall–Kier alpha value is -1.55. The van der Waals surface area contributed by atoms with E-state index in [0.29, 0.717) is 12.3 Å². The molecule has 3 N–H and O–H groups in total. The maximum Gasteiger partial charge on any atom is 0.312 e. The van der Waals surface area contributed by atoms with Gasteiger partial charge in [-0.3, -0.25) is 4.79 Å². The molecule has 0 aliphatic carbocycles. The SMILES string of the molecule is CC(C)(COc1cccc(CCN)c1)C(=O)O. The number of hydrogen-bond donors (Lipinski definition) is 2. The van der Waals surface area contributed by atoms with Crippen LogP contribution in [0.5, 0.6) is 5.75 Å². The standard InChI is InChI=1S/C13H19NO3/c1-13(2,12(15)16)9-17-11-5-3-4-10(8-11)6-7-14/h3-5,8H,6-7,9,14H2,1-2H3,(H,15,16). The van der Waals surface area contributed by atoms with Gasteiger partial charge in [0, 0.05) is 0 Å². The monoisotopic (exact) mass is 237 g/mol. The molecule has 0 saturated heterocycles. The number of aliphatic carboxylic acids is 1. The number of carbonyl (C=O) groups is 1. The molecule has 0 aliphatic heterocycles. The van der Waals surface area contributed by atoms with Crippen LogP contribution in [0, 0.1) is 5.41 Å². The van der Waals surface area contributed by atoms with Crippen molar-refractivity contribution < 1.29 is 14.6 Å². The van der Waals surface area contributed by atoms with Gasteiger partial charge in [-0.1, -0.05) is 12.1 Å². The molecule has 0 heterocycles. The number of nitrogens with two attached hydrogens (primary N) is 1. The van der Waals surface area contributed by atoms with Crippen molar-refractivity contribution >= 4 is 5.97 Å². The third-order valence-electron chi connectivity index (χ3n) is 2.51. The molecule has 0 atom stereocenters. The summed E-state index contributed by atoms with van der Waals surface area (Å²) in [5, 5.41) is 8.96. The first-order valence-corrected chi connectivity index (χ1v) is 5.61. The second-order valence-corrected chi connectivity index (χ2v) is 4.66. The van der Waals surface area contributed by atoms with E-state index in [-0.39, 0.29) is 6.61 Å². The fourth-order valence-corrected chi connectivity index (χ4v) is 1.28. The van der Waals surface area contributed by atoms with E-state index in [1.54, 1.807) is 13.8 Å². The Kier molecular flexibility index (Phi) is 4.52. The summed E-state index contributed by atoms with van der Waals surface area (Å²) in [6, 6.07) is 7.57. The molecule has 0 aliphatic rings. The molecular weight excluding hydrogens is 218 g/mol. The summed E-state index contributed by atoms with van der Waals surface area (Å²) >= 11 is 0. The number of carboxylic acids is 1. The normalized spacial score (nSPS) is 11.2. The van der Waals surface area contributed by atoms with E-state index in [4.69, 9.17) is 15.6 Å². The summed E-state index contributed by atoms with van der Waals surface area (Å²) in [6.45, 7) is 4.01. The lowest BCUT2D eigenvalue weighted by molar-refractivity contribution is -0.148. The molecule has 0 spiro atoms. The van der Waals surface area contributed by atoms with E-state index < -0.39 is 11.4 Å². The molecule has 0 bridgehead atoms. The summed E-state index contributed by atoms with van der Waals surface area (Å²) in [6.07, 6.45) is 0.791. The first-order chi connectivity index (χ1) is 7.95. The van der Waals surface area contributed by atoms with Crippen molar-refractivity contribution in [1.29, 1.82) is 0 Å². The Labute approximate surface area is 101 Å². The average molecular weight is 237 g/mol. The van der Waals surface area contributed by atoms with E-state index in [9.17, 15) is 4.79 Å². The maximum absolute atomic E-state index is 10.9. The number of benzene rings is 1. The minimum absolute atomic E-state index is 0.147. The van der Waals surface area contributed by atoms with Crippen molar-refractivity contribution in [2.45, 2.75) is 20.3 Å². The molecular formula is C13H19NO3. The predicted molar refractivity (Wildman–Crippen MR) is 66.1 cm³/mol. The van der Waals surface area contributed by atoms with Gasteiger partial charge in [0.1, 0.15) is 12.4 Å². The highest BCUT2D eigenvalue weighted by molar-refractivity contribution is 5.73. The van der Waals surface area contributed by atoms with Crippen LogP contribution in [0.15, 0.2) is 24.3 Å². The second-order valence-electron chi connectivity index (χ2n) is 4.66. The topological polar surface area (TPSA) is 72.5 Å². The number of carboxylic acid groups (broad SMARTS) is 1. The first-order valence-electron chi connectivity index (χ1n) is 5.61. The van der Waals surface area contributed by atoms with E-state index in [1.807, 2.05) is 24.3 Å². The van der Waals surface area contributed by atoms with Gasteiger partial charge in [0.05, 0.1) is 5.41 Å². The molecule has 0 amide bonds. The first kappa shape index (κ1) is 13.5.